The first kappa shape index (κ1) is 15.9. The molecule has 0 radical (unpaired) electrons. The normalized spacial score (nSPS) is 12.4. The Morgan fingerprint density at radius 2 is 1.95 bits per heavy atom. The highest BCUT2D eigenvalue weighted by Crippen LogP contribution is 2.35. The monoisotopic (exact) mass is 349 g/mol. The van der Waals surface area contributed by atoms with E-state index < -0.39 is 0 Å². The highest BCUT2D eigenvalue weighted by Gasteiger charge is 2.10. The van der Waals surface area contributed by atoms with E-state index in [0.717, 1.165) is 0 Å². The van der Waals surface area contributed by atoms with E-state index in [1.165, 1.54) is 4.88 Å². The molecule has 0 aliphatic carbocycles. The molecule has 20 heavy (non-hydrogen) atoms. The van der Waals surface area contributed by atoms with Crippen molar-refractivity contribution in [2.24, 2.45) is 0 Å². The fourth-order valence-corrected chi connectivity index (χ4v) is 3.42. The summed E-state index contributed by atoms with van der Waals surface area (Å²) in [5, 5.41) is 6.79. The summed E-state index contributed by atoms with van der Waals surface area (Å²) in [5.74, 6) is 0.475. The van der Waals surface area contributed by atoms with Crippen LogP contribution in [-0.2, 0) is 0 Å². The molecular formula is C14H14Cl3NOS. The molecule has 6 heteroatoms. The van der Waals surface area contributed by atoms with Crippen LogP contribution in [0.25, 0.3) is 0 Å². The van der Waals surface area contributed by atoms with Crippen LogP contribution in [0.5, 0.6) is 5.75 Å². The Morgan fingerprint density at radius 3 is 2.55 bits per heavy atom. The van der Waals surface area contributed by atoms with Gasteiger partial charge < -0.3 is 10.1 Å². The minimum Gasteiger partial charge on any atom is -0.489 e. The molecule has 0 aliphatic rings. The maximum Gasteiger partial charge on any atom is 0.156 e. The molecule has 1 aromatic carbocycles. The molecule has 0 fully saturated rings. The third kappa shape index (κ3) is 4.27. The van der Waals surface area contributed by atoms with Gasteiger partial charge in [0.25, 0.3) is 0 Å². The Bertz CT molecular complexity index is 537. The molecule has 2 rings (SSSR count). The summed E-state index contributed by atoms with van der Waals surface area (Å²) in [4.78, 5) is 1.30. The van der Waals surface area contributed by atoms with Gasteiger partial charge in [0.05, 0.1) is 10.0 Å². The lowest BCUT2D eigenvalue weighted by Gasteiger charge is -2.14. The van der Waals surface area contributed by atoms with E-state index in [4.69, 9.17) is 39.5 Å². The third-order valence-electron chi connectivity index (χ3n) is 2.73. The van der Waals surface area contributed by atoms with Crippen molar-refractivity contribution in [2.75, 3.05) is 13.2 Å². The van der Waals surface area contributed by atoms with Crippen molar-refractivity contribution in [3.05, 3.63) is 49.6 Å². The summed E-state index contributed by atoms with van der Waals surface area (Å²) >= 11 is 19.7. The fraction of sp³-hybridized carbons (Fsp3) is 0.286. The second-order valence-electron chi connectivity index (χ2n) is 4.24. The summed E-state index contributed by atoms with van der Waals surface area (Å²) in [6.45, 7) is 3.30. The van der Waals surface area contributed by atoms with Crippen molar-refractivity contribution in [3.8, 4) is 5.75 Å². The van der Waals surface area contributed by atoms with Gasteiger partial charge in [0.15, 0.2) is 5.75 Å². The van der Waals surface area contributed by atoms with Crippen LogP contribution in [0.15, 0.2) is 29.6 Å². The molecule has 1 heterocycles. The SMILES string of the molecule is CC(NCCOc1c(Cl)cc(Cl)cc1Cl)c1cccs1. The molecule has 0 amide bonds. The number of hydrogen-bond donors (Lipinski definition) is 1. The van der Waals surface area contributed by atoms with Crippen LogP contribution in [0.4, 0.5) is 0 Å². The van der Waals surface area contributed by atoms with Gasteiger partial charge in [0.1, 0.15) is 6.61 Å². The molecule has 0 saturated carbocycles. The minimum atomic E-state index is 0.301. The first-order valence-corrected chi connectivity index (χ1v) is 8.13. The van der Waals surface area contributed by atoms with E-state index in [1.807, 2.05) is 6.07 Å². The number of halogens is 3. The van der Waals surface area contributed by atoms with Gasteiger partial charge in [-0.1, -0.05) is 40.9 Å². The summed E-state index contributed by atoms with van der Waals surface area (Å²) in [7, 11) is 0. The summed E-state index contributed by atoms with van der Waals surface area (Å²) in [6, 6.07) is 7.69. The van der Waals surface area contributed by atoms with Crippen LogP contribution in [0, 0.1) is 0 Å². The topological polar surface area (TPSA) is 21.3 Å². The van der Waals surface area contributed by atoms with Gasteiger partial charge in [-0.15, -0.1) is 11.3 Å². The molecule has 0 bridgehead atoms. The highest BCUT2D eigenvalue weighted by molar-refractivity contribution is 7.10. The number of ether oxygens (including phenoxy) is 1. The zero-order valence-corrected chi connectivity index (χ0v) is 13.9. The van der Waals surface area contributed by atoms with E-state index in [2.05, 4.69) is 23.7 Å². The van der Waals surface area contributed by atoms with Crippen molar-refractivity contribution < 1.29 is 4.74 Å². The third-order valence-corrected chi connectivity index (χ3v) is 4.57. The van der Waals surface area contributed by atoms with E-state index in [-0.39, 0.29) is 0 Å². The Balaban J connectivity index is 1.82. The van der Waals surface area contributed by atoms with Crippen LogP contribution < -0.4 is 10.1 Å². The van der Waals surface area contributed by atoms with Crippen molar-refractivity contribution in [2.45, 2.75) is 13.0 Å². The molecule has 108 valence electrons. The molecule has 1 unspecified atom stereocenters. The Kier molecular flexibility index (Phi) is 6.00. The first-order chi connectivity index (χ1) is 9.58. The predicted molar refractivity (Wildman–Crippen MR) is 87.7 cm³/mol. The molecule has 0 spiro atoms. The molecule has 0 saturated heterocycles. The average Bonchev–Trinajstić information content (AvgIpc) is 2.90. The van der Waals surface area contributed by atoms with Gasteiger partial charge in [0, 0.05) is 22.5 Å². The maximum atomic E-state index is 6.04. The van der Waals surface area contributed by atoms with E-state index in [1.54, 1.807) is 23.5 Å². The lowest BCUT2D eigenvalue weighted by Crippen LogP contribution is -2.23. The lowest BCUT2D eigenvalue weighted by atomic mass is 10.3. The van der Waals surface area contributed by atoms with E-state index in [0.29, 0.717) is 40.0 Å². The zero-order chi connectivity index (χ0) is 14.5. The molecule has 2 aromatic rings. The molecule has 1 aromatic heterocycles. The first-order valence-electron chi connectivity index (χ1n) is 6.12. The van der Waals surface area contributed by atoms with Gasteiger partial charge >= 0.3 is 0 Å². The Morgan fingerprint density at radius 1 is 1.25 bits per heavy atom. The minimum absolute atomic E-state index is 0.301. The standard InChI is InChI=1S/C14H14Cl3NOS/c1-9(13-3-2-6-20-13)18-4-5-19-14-11(16)7-10(15)8-12(14)17/h2-3,6-9,18H,4-5H2,1H3. The summed E-state index contributed by atoms with van der Waals surface area (Å²) in [6.07, 6.45) is 0. The van der Waals surface area contributed by atoms with E-state index in [9.17, 15) is 0 Å². The molecular weight excluding hydrogens is 337 g/mol. The quantitative estimate of drug-likeness (QED) is 0.701. The number of benzene rings is 1. The molecule has 2 nitrogen and oxygen atoms in total. The predicted octanol–water partition coefficient (Wildman–Crippen LogP) is 5.44. The Labute approximate surface area is 137 Å². The smallest absolute Gasteiger partial charge is 0.156 e. The van der Waals surface area contributed by atoms with Crippen molar-refractivity contribution in [1.82, 2.24) is 5.32 Å². The van der Waals surface area contributed by atoms with Crippen molar-refractivity contribution >= 4 is 46.1 Å². The van der Waals surface area contributed by atoms with Crippen molar-refractivity contribution in [1.29, 1.82) is 0 Å². The zero-order valence-electron chi connectivity index (χ0n) is 10.8. The highest BCUT2D eigenvalue weighted by atomic mass is 35.5. The van der Waals surface area contributed by atoms with Gasteiger partial charge in [0.2, 0.25) is 0 Å². The molecule has 1 N–H and O–H groups in total. The van der Waals surface area contributed by atoms with Gasteiger partial charge in [-0.05, 0) is 30.5 Å². The fourth-order valence-electron chi connectivity index (χ4n) is 1.73. The van der Waals surface area contributed by atoms with Crippen molar-refractivity contribution in [3.63, 3.8) is 0 Å². The number of nitrogens with one attached hydrogen (secondary N) is 1. The second kappa shape index (κ2) is 7.53. The van der Waals surface area contributed by atoms with Gasteiger partial charge in [-0.2, -0.15) is 0 Å². The number of rotatable bonds is 6. The Hall–Kier alpha value is -0.450. The van der Waals surface area contributed by atoms with E-state index >= 15 is 0 Å². The lowest BCUT2D eigenvalue weighted by molar-refractivity contribution is 0.308. The largest absolute Gasteiger partial charge is 0.489 e. The summed E-state index contributed by atoms with van der Waals surface area (Å²) in [5.41, 5.74) is 0. The molecule has 0 aliphatic heterocycles. The van der Waals surface area contributed by atoms with Gasteiger partial charge in [-0.25, -0.2) is 0 Å². The molecule has 1 atom stereocenters. The van der Waals surface area contributed by atoms with Crippen LogP contribution >= 0.6 is 46.1 Å². The van der Waals surface area contributed by atoms with Crippen LogP contribution in [0.3, 0.4) is 0 Å². The average molecular weight is 351 g/mol. The van der Waals surface area contributed by atoms with Gasteiger partial charge in [-0.3, -0.25) is 0 Å². The van der Waals surface area contributed by atoms with Crippen LogP contribution in [0.2, 0.25) is 15.1 Å². The van der Waals surface area contributed by atoms with Crippen LogP contribution in [-0.4, -0.2) is 13.2 Å². The maximum absolute atomic E-state index is 6.04. The number of hydrogen-bond acceptors (Lipinski definition) is 3. The number of thiophene rings is 1. The second-order valence-corrected chi connectivity index (χ2v) is 6.47. The summed E-state index contributed by atoms with van der Waals surface area (Å²) < 4.78 is 5.61. The van der Waals surface area contributed by atoms with Crippen LogP contribution in [0.1, 0.15) is 17.8 Å².